The molecule has 0 aliphatic heterocycles. The molecule has 0 aromatic carbocycles. The summed E-state index contributed by atoms with van der Waals surface area (Å²) in [6, 6.07) is -1.03. The van der Waals surface area contributed by atoms with E-state index in [9.17, 15) is 19.5 Å². The van der Waals surface area contributed by atoms with E-state index in [0.29, 0.717) is 12.8 Å². The van der Waals surface area contributed by atoms with E-state index in [4.69, 9.17) is 9.47 Å². The van der Waals surface area contributed by atoms with E-state index in [0.717, 1.165) is 0 Å². The van der Waals surface area contributed by atoms with E-state index in [-0.39, 0.29) is 24.5 Å². The molecule has 0 spiro atoms. The number of hydrogen-bond acceptors (Lipinski definition) is 6. The van der Waals surface area contributed by atoms with Crippen LogP contribution in [0, 0.1) is 0 Å². The van der Waals surface area contributed by atoms with Gasteiger partial charge in [0.15, 0.2) is 0 Å². The molecule has 0 radical (unpaired) electrons. The van der Waals surface area contributed by atoms with E-state index in [1.165, 1.54) is 0 Å². The summed E-state index contributed by atoms with van der Waals surface area (Å²) < 4.78 is 10.3. The highest BCUT2D eigenvalue weighted by atomic mass is 16.6. The number of ether oxygens (including phenoxy) is 2. The first-order valence-corrected chi connectivity index (χ1v) is 9.20. The summed E-state index contributed by atoms with van der Waals surface area (Å²) in [5.41, 5.74) is -1.61. The van der Waals surface area contributed by atoms with E-state index in [1.807, 2.05) is 13.8 Å². The van der Waals surface area contributed by atoms with Crippen molar-refractivity contribution in [1.82, 2.24) is 10.6 Å². The molecule has 0 heterocycles. The fourth-order valence-corrected chi connectivity index (χ4v) is 2.23. The molecule has 0 saturated carbocycles. The number of esters is 1. The predicted molar refractivity (Wildman–Crippen MR) is 103 cm³/mol. The maximum absolute atomic E-state index is 11.8. The topological polar surface area (TPSA) is 114 Å². The van der Waals surface area contributed by atoms with Crippen LogP contribution in [0.3, 0.4) is 0 Å². The van der Waals surface area contributed by atoms with Crippen molar-refractivity contribution in [2.24, 2.45) is 0 Å². The summed E-state index contributed by atoms with van der Waals surface area (Å²) in [7, 11) is 0. The Morgan fingerprint density at radius 1 is 0.926 bits per heavy atom. The Morgan fingerprint density at radius 2 is 1.44 bits per heavy atom. The molecule has 0 rings (SSSR count). The Morgan fingerprint density at radius 3 is 1.89 bits per heavy atom. The molecule has 8 heteroatoms. The zero-order valence-corrected chi connectivity index (χ0v) is 17.9. The zero-order valence-electron chi connectivity index (χ0n) is 17.9. The molecule has 0 bridgehead atoms. The number of carbonyl (C=O) groups is 3. The lowest BCUT2D eigenvalue weighted by molar-refractivity contribution is -0.154. The Kier molecular flexibility index (Phi) is 9.25. The maximum Gasteiger partial charge on any atom is 0.408 e. The van der Waals surface area contributed by atoms with Gasteiger partial charge in [0.1, 0.15) is 17.2 Å². The molecule has 0 aliphatic rings. The standard InChI is InChI=1S/C19H36N2O6/c1-17(2,3)26-14(22)12-20-19(7,8)11-9-10-13(15(23)24)21-16(25)27-18(4,5)6/h13,20H,9-12H2,1-8H3,(H,21,25)(H,23,24). The monoisotopic (exact) mass is 388 g/mol. The van der Waals surface area contributed by atoms with E-state index in [1.54, 1.807) is 41.5 Å². The van der Waals surface area contributed by atoms with E-state index < -0.39 is 29.3 Å². The number of carboxylic acids is 1. The largest absolute Gasteiger partial charge is 0.480 e. The SMILES string of the molecule is CC(C)(CCCC(NC(=O)OC(C)(C)C)C(=O)O)NCC(=O)OC(C)(C)C. The Hall–Kier alpha value is -1.83. The molecule has 8 nitrogen and oxygen atoms in total. The summed E-state index contributed by atoms with van der Waals surface area (Å²) in [5, 5.41) is 14.8. The Labute approximate surface area is 162 Å². The lowest BCUT2D eigenvalue weighted by Gasteiger charge is -2.28. The summed E-state index contributed by atoms with van der Waals surface area (Å²) in [6.45, 7) is 14.5. The number of alkyl carbamates (subject to hydrolysis) is 1. The summed E-state index contributed by atoms with van der Waals surface area (Å²) >= 11 is 0. The first-order chi connectivity index (χ1) is 12.0. The van der Waals surface area contributed by atoms with Gasteiger partial charge in [0.05, 0.1) is 6.54 Å². The fraction of sp³-hybridized carbons (Fsp3) is 0.842. The van der Waals surface area contributed by atoms with Crippen LogP contribution in [-0.4, -0.2) is 52.5 Å². The normalized spacial score (nSPS) is 13.6. The van der Waals surface area contributed by atoms with E-state index in [2.05, 4.69) is 10.6 Å². The fourth-order valence-electron chi connectivity index (χ4n) is 2.23. The van der Waals surface area contributed by atoms with Gasteiger partial charge in [-0.25, -0.2) is 9.59 Å². The molecule has 1 amide bonds. The zero-order chi connectivity index (χ0) is 21.5. The molecule has 3 N–H and O–H groups in total. The highest BCUT2D eigenvalue weighted by Crippen LogP contribution is 2.15. The lowest BCUT2D eigenvalue weighted by Crippen LogP contribution is -2.45. The molecule has 0 aromatic heterocycles. The minimum atomic E-state index is -1.11. The summed E-state index contributed by atoms with van der Waals surface area (Å²) in [6.07, 6.45) is 0.667. The molecule has 158 valence electrons. The van der Waals surface area contributed by atoms with Crippen LogP contribution in [0.5, 0.6) is 0 Å². The molecule has 1 unspecified atom stereocenters. The first kappa shape index (κ1) is 25.2. The van der Waals surface area contributed by atoms with Crippen LogP contribution >= 0.6 is 0 Å². The summed E-state index contributed by atoms with van der Waals surface area (Å²) in [4.78, 5) is 34.9. The van der Waals surface area contributed by atoms with Gasteiger partial charge >= 0.3 is 18.0 Å². The van der Waals surface area contributed by atoms with Gasteiger partial charge < -0.3 is 25.2 Å². The third kappa shape index (κ3) is 14.0. The molecule has 1 atom stereocenters. The number of hydrogen-bond donors (Lipinski definition) is 3. The van der Waals surface area contributed by atoms with Crippen molar-refractivity contribution in [3.63, 3.8) is 0 Å². The van der Waals surface area contributed by atoms with Gasteiger partial charge in [0.25, 0.3) is 0 Å². The number of carboxylic acid groups (broad SMARTS) is 1. The number of rotatable bonds is 9. The average Bonchev–Trinajstić information content (AvgIpc) is 2.40. The number of carbonyl (C=O) groups excluding carboxylic acids is 2. The quantitative estimate of drug-likeness (QED) is 0.520. The average molecular weight is 389 g/mol. The molecule has 0 saturated heterocycles. The third-order valence-electron chi connectivity index (χ3n) is 3.41. The van der Waals surface area contributed by atoms with Gasteiger partial charge in [0, 0.05) is 5.54 Å². The molecule has 0 fully saturated rings. The van der Waals surface area contributed by atoms with Crippen LogP contribution < -0.4 is 10.6 Å². The van der Waals surface area contributed by atoms with Crippen molar-refractivity contribution >= 4 is 18.0 Å². The first-order valence-electron chi connectivity index (χ1n) is 9.20. The van der Waals surface area contributed by atoms with Gasteiger partial charge in [-0.3, -0.25) is 4.79 Å². The van der Waals surface area contributed by atoms with Crippen molar-refractivity contribution in [2.75, 3.05) is 6.54 Å². The van der Waals surface area contributed by atoms with Crippen molar-refractivity contribution in [3.05, 3.63) is 0 Å². The molecule has 0 aliphatic carbocycles. The van der Waals surface area contributed by atoms with Crippen LogP contribution in [0.2, 0.25) is 0 Å². The van der Waals surface area contributed by atoms with Crippen LogP contribution in [0.15, 0.2) is 0 Å². The van der Waals surface area contributed by atoms with Gasteiger partial charge in [-0.15, -0.1) is 0 Å². The van der Waals surface area contributed by atoms with Gasteiger partial charge in [0.2, 0.25) is 0 Å². The van der Waals surface area contributed by atoms with Gasteiger partial charge in [-0.2, -0.15) is 0 Å². The molecule has 0 aromatic rings. The molecule has 27 heavy (non-hydrogen) atoms. The Balaban J connectivity index is 4.42. The van der Waals surface area contributed by atoms with Crippen LogP contribution in [0.25, 0.3) is 0 Å². The van der Waals surface area contributed by atoms with Gasteiger partial charge in [-0.1, -0.05) is 0 Å². The second-order valence-electron chi connectivity index (χ2n) is 9.25. The highest BCUT2D eigenvalue weighted by molar-refractivity contribution is 5.79. The van der Waals surface area contributed by atoms with Crippen molar-refractivity contribution in [2.45, 2.75) is 97.4 Å². The molecular weight excluding hydrogens is 352 g/mol. The molecular formula is C19H36N2O6. The van der Waals surface area contributed by atoms with Gasteiger partial charge in [-0.05, 0) is 74.7 Å². The number of aliphatic carboxylic acids is 1. The Bertz CT molecular complexity index is 517. The minimum absolute atomic E-state index is 0.0722. The highest BCUT2D eigenvalue weighted by Gasteiger charge is 2.26. The second-order valence-corrected chi connectivity index (χ2v) is 9.25. The maximum atomic E-state index is 11.8. The van der Waals surface area contributed by atoms with Crippen LogP contribution in [0.4, 0.5) is 4.79 Å². The van der Waals surface area contributed by atoms with Crippen molar-refractivity contribution in [1.29, 1.82) is 0 Å². The van der Waals surface area contributed by atoms with Crippen molar-refractivity contribution in [3.8, 4) is 0 Å². The lowest BCUT2D eigenvalue weighted by atomic mass is 9.95. The number of nitrogens with one attached hydrogen (secondary N) is 2. The van der Waals surface area contributed by atoms with E-state index >= 15 is 0 Å². The van der Waals surface area contributed by atoms with Crippen molar-refractivity contribution < 1.29 is 29.0 Å². The van der Waals surface area contributed by atoms with Crippen LogP contribution in [0.1, 0.15) is 74.7 Å². The second kappa shape index (κ2) is 9.92. The summed E-state index contributed by atoms with van der Waals surface area (Å²) in [5.74, 6) is -1.45. The predicted octanol–water partition coefficient (Wildman–Crippen LogP) is 2.84. The third-order valence-corrected chi connectivity index (χ3v) is 3.41. The van der Waals surface area contributed by atoms with Crippen LogP contribution in [-0.2, 0) is 19.1 Å². The number of amides is 1. The smallest absolute Gasteiger partial charge is 0.408 e. The minimum Gasteiger partial charge on any atom is -0.480 e.